The van der Waals surface area contributed by atoms with Crippen LogP contribution in [0.15, 0.2) is 0 Å². The summed E-state index contributed by atoms with van der Waals surface area (Å²) < 4.78 is 0.873. The molecule has 2 nitrogen and oxygen atoms in total. The summed E-state index contributed by atoms with van der Waals surface area (Å²) in [5, 5.41) is 8.34. The van der Waals surface area contributed by atoms with Gasteiger partial charge in [0.05, 0.1) is 6.07 Å². The van der Waals surface area contributed by atoms with Crippen LogP contribution in [0.4, 0.5) is 0 Å². The maximum atomic E-state index is 8.34. The fraction of sp³-hybridized carbons (Fsp3) is 0.667. The van der Waals surface area contributed by atoms with Gasteiger partial charge in [-0.15, -0.1) is 23.5 Å². The fourth-order valence-corrected chi connectivity index (χ4v) is 2.43. The first-order chi connectivity index (χ1) is 5.20. The highest BCUT2D eigenvalue weighted by Crippen LogP contribution is 2.16. The quantitative estimate of drug-likeness (QED) is 0.711. The van der Waals surface area contributed by atoms with Gasteiger partial charge < -0.3 is 5.73 Å². The summed E-state index contributed by atoms with van der Waals surface area (Å²) in [5.41, 5.74) is 5.37. The van der Waals surface area contributed by atoms with E-state index >= 15 is 0 Å². The number of rotatable bonds is 3. The zero-order valence-corrected chi connectivity index (χ0v) is 8.69. The second-order valence-corrected chi connectivity index (χ2v) is 5.22. The average Bonchev–Trinajstić information content (AvgIpc) is 2.01. The lowest BCUT2D eigenvalue weighted by Crippen LogP contribution is -2.20. The highest BCUT2D eigenvalue weighted by atomic mass is 32.2. The van der Waals surface area contributed by atoms with Gasteiger partial charge in [0.1, 0.15) is 9.57 Å². The number of thiocarbonyl (C=S) groups is 1. The SMILES string of the molecule is CCSC(=S)SCC(N)C#N. The smallest absolute Gasteiger partial charge is 0.104 e. The number of nitrogens with zero attached hydrogens (tertiary/aromatic N) is 1. The molecule has 0 fully saturated rings. The molecule has 0 aliphatic heterocycles. The molecule has 0 saturated carbocycles. The minimum atomic E-state index is -0.393. The summed E-state index contributed by atoms with van der Waals surface area (Å²) in [7, 11) is 0. The van der Waals surface area contributed by atoms with Crippen molar-refractivity contribution in [2.45, 2.75) is 13.0 Å². The van der Waals surface area contributed by atoms with E-state index in [1.165, 1.54) is 11.8 Å². The number of hydrogen-bond donors (Lipinski definition) is 1. The van der Waals surface area contributed by atoms with E-state index in [1.807, 2.05) is 13.0 Å². The van der Waals surface area contributed by atoms with Crippen LogP contribution in [-0.4, -0.2) is 21.1 Å². The van der Waals surface area contributed by atoms with E-state index in [0.29, 0.717) is 5.75 Å². The van der Waals surface area contributed by atoms with E-state index < -0.39 is 6.04 Å². The summed E-state index contributed by atoms with van der Waals surface area (Å²) in [5.74, 6) is 1.58. The first-order valence-corrected chi connectivity index (χ1v) is 5.53. The Bertz CT molecular complexity index is 164. The largest absolute Gasteiger partial charge is 0.315 e. The predicted molar refractivity (Wildman–Crippen MR) is 56.8 cm³/mol. The first kappa shape index (κ1) is 11.2. The average molecular weight is 206 g/mol. The van der Waals surface area contributed by atoms with Gasteiger partial charge in [-0.05, 0) is 5.75 Å². The number of thioether (sulfide) groups is 2. The maximum Gasteiger partial charge on any atom is 0.104 e. The van der Waals surface area contributed by atoms with E-state index in [9.17, 15) is 0 Å². The van der Waals surface area contributed by atoms with E-state index in [-0.39, 0.29) is 0 Å². The molecule has 0 bridgehead atoms. The molecule has 0 heterocycles. The zero-order chi connectivity index (χ0) is 8.69. The van der Waals surface area contributed by atoms with Crippen molar-refractivity contribution in [2.75, 3.05) is 11.5 Å². The van der Waals surface area contributed by atoms with Crippen LogP contribution >= 0.6 is 35.7 Å². The third-order valence-corrected chi connectivity index (χ3v) is 3.51. The molecule has 1 unspecified atom stereocenters. The Morgan fingerprint density at radius 3 is 2.82 bits per heavy atom. The standard InChI is InChI=1S/C6H10N2S3/c1-2-10-6(9)11-4-5(8)3-7/h5H,2,4,8H2,1H3. The minimum Gasteiger partial charge on any atom is -0.315 e. The second kappa shape index (κ2) is 6.92. The van der Waals surface area contributed by atoms with Crippen molar-refractivity contribution >= 4 is 39.3 Å². The van der Waals surface area contributed by atoms with Crippen LogP contribution in [0.25, 0.3) is 0 Å². The Morgan fingerprint density at radius 1 is 1.73 bits per heavy atom. The van der Waals surface area contributed by atoms with Gasteiger partial charge in [-0.25, -0.2) is 0 Å². The zero-order valence-electron chi connectivity index (χ0n) is 6.24. The van der Waals surface area contributed by atoms with Crippen LogP contribution in [0.5, 0.6) is 0 Å². The Labute approximate surface area is 80.9 Å². The first-order valence-electron chi connectivity index (χ1n) is 3.15. The Balaban J connectivity index is 3.39. The third-order valence-electron chi connectivity index (χ3n) is 0.809. The van der Waals surface area contributed by atoms with Crippen LogP contribution in [0.1, 0.15) is 6.92 Å². The molecule has 62 valence electrons. The predicted octanol–water partition coefficient (Wildman–Crippen LogP) is 1.61. The van der Waals surface area contributed by atoms with Gasteiger partial charge in [-0.3, -0.25) is 0 Å². The Kier molecular flexibility index (Phi) is 7.07. The van der Waals surface area contributed by atoms with Crippen LogP contribution in [0.3, 0.4) is 0 Å². The molecule has 0 spiro atoms. The second-order valence-electron chi connectivity index (χ2n) is 1.73. The molecule has 5 heteroatoms. The van der Waals surface area contributed by atoms with Gasteiger partial charge in [-0.1, -0.05) is 19.1 Å². The summed E-state index contributed by atoms with van der Waals surface area (Å²) >= 11 is 8.07. The van der Waals surface area contributed by atoms with Crippen molar-refractivity contribution in [3.05, 3.63) is 0 Å². The van der Waals surface area contributed by atoms with E-state index in [4.69, 9.17) is 23.2 Å². The van der Waals surface area contributed by atoms with Crippen molar-refractivity contribution in [1.82, 2.24) is 0 Å². The van der Waals surface area contributed by atoms with Crippen LogP contribution in [0, 0.1) is 11.3 Å². The van der Waals surface area contributed by atoms with Crippen LogP contribution in [-0.2, 0) is 0 Å². The van der Waals surface area contributed by atoms with E-state index in [2.05, 4.69) is 0 Å². The molecule has 11 heavy (non-hydrogen) atoms. The highest BCUT2D eigenvalue weighted by molar-refractivity contribution is 8.47. The molecule has 0 aliphatic rings. The number of nitriles is 1. The summed E-state index contributed by atoms with van der Waals surface area (Å²) in [6, 6.07) is 1.56. The summed E-state index contributed by atoms with van der Waals surface area (Å²) in [6.45, 7) is 2.04. The highest BCUT2D eigenvalue weighted by Gasteiger charge is 2.02. The maximum absolute atomic E-state index is 8.34. The Hall–Kier alpha value is 0.240. The van der Waals surface area contributed by atoms with E-state index in [1.54, 1.807) is 11.8 Å². The van der Waals surface area contributed by atoms with E-state index in [0.717, 1.165) is 9.28 Å². The number of hydrogen-bond acceptors (Lipinski definition) is 5. The molecule has 0 aromatic heterocycles. The summed E-state index contributed by atoms with van der Waals surface area (Å²) in [6.07, 6.45) is 0. The molecular formula is C6H10N2S3. The van der Waals surface area contributed by atoms with Crippen molar-refractivity contribution in [1.29, 1.82) is 5.26 Å². The van der Waals surface area contributed by atoms with Gasteiger partial charge >= 0.3 is 0 Å². The molecular weight excluding hydrogens is 196 g/mol. The van der Waals surface area contributed by atoms with Crippen molar-refractivity contribution < 1.29 is 0 Å². The van der Waals surface area contributed by atoms with Crippen LogP contribution < -0.4 is 5.73 Å². The van der Waals surface area contributed by atoms with Gasteiger partial charge in [0.15, 0.2) is 0 Å². The third kappa shape index (κ3) is 6.63. The van der Waals surface area contributed by atoms with Crippen molar-refractivity contribution in [2.24, 2.45) is 5.73 Å². The molecule has 0 rings (SSSR count). The molecule has 0 radical (unpaired) electrons. The van der Waals surface area contributed by atoms with Crippen molar-refractivity contribution in [3.8, 4) is 6.07 Å². The molecule has 0 aromatic rings. The Morgan fingerprint density at radius 2 is 2.36 bits per heavy atom. The van der Waals surface area contributed by atoms with Gasteiger partial charge in [0, 0.05) is 5.75 Å². The van der Waals surface area contributed by atoms with Crippen molar-refractivity contribution in [3.63, 3.8) is 0 Å². The lowest BCUT2D eigenvalue weighted by Gasteiger charge is -2.01. The lowest BCUT2D eigenvalue weighted by atomic mass is 10.4. The minimum absolute atomic E-state index is 0.393. The molecule has 1 atom stereocenters. The normalized spacial score (nSPS) is 12.1. The topological polar surface area (TPSA) is 49.8 Å². The molecule has 0 aromatic carbocycles. The van der Waals surface area contributed by atoms with Gasteiger partial charge in [-0.2, -0.15) is 5.26 Å². The molecule has 0 aliphatic carbocycles. The summed E-state index contributed by atoms with van der Waals surface area (Å²) in [4.78, 5) is 0. The monoisotopic (exact) mass is 206 g/mol. The lowest BCUT2D eigenvalue weighted by molar-refractivity contribution is 0.957. The molecule has 0 saturated heterocycles. The van der Waals surface area contributed by atoms with Gasteiger partial charge in [0.2, 0.25) is 0 Å². The fourth-order valence-electron chi connectivity index (χ4n) is 0.355. The number of nitrogens with two attached hydrogens (primary N) is 1. The molecule has 2 N–H and O–H groups in total. The van der Waals surface area contributed by atoms with Gasteiger partial charge in [0.25, 0.3) is 0 Å². The van der Waals surface area contributed by atoms with Crippen LogP contribution in [0.2, 0.25) is 0 Å². The molecule has 0 amide bonds.